The number of hydrogen-bond donors (Lipinski definition) is 0. The fourth-order valence-electron chi connectivity index (χ4n) is 1.25. The van der Waals surface area contributed by atoms with Crippen molar-refractivity contribution in [3.8, 4) is 0 Å². The molecule has 0 aromatic heterocycles. The molecule has 0 saturated carbocycles. The predicted molar refractivity (Wildman–Crippen MR) is 55.6 cm³/mol. The Hall–Kier alpha value is -1.58. The molecule has 0 spiro atoms. The molecule has 1 rings (SSSR count). The minimum atomic E-state index is -3.47. The first kappa shape index (κ1) is 12.5. The van der Waals surface area contributed by atoms with Crippen LogP contribution in [-0.2, 0) is 4.79 Å². The maximum atomic E-state index is 13.4. The summed E-state index contributed by atoms with van der Waals surface area (Å²) in [5, 5.41) is 0. The number of hydrogen-bond acceptors (Lipinski definition) is 2. The van der Waals surface area contributed by atoms with E-state index in [0.717, 1.165) is 0 Å². The second-order valence-corrected chi connectivity index (χ2v) is 3.60. The fourth-order valence-corrected chi connectivity index (χ4v) is 1.25. The van der Waals surface area contributed by atoms with Gasteiger partial charge in [0.2, 0.25) is 5.78 Å². The monoisotopic (exact) mass is 226 g/mol. The molecule has 0 fully saturated rings. The molecule has 0 saturated heterocycles. The van der Waals surface area contributed by atoms with Crippen LogP contribution in [0.15, 0.2) is 30.3 Å². The molecule has 0 aliphatic rings. The summed E-state index contributed by atoms with van der Waals surface area (Å²) >= 11 is 0. The van der Waals surface area contributed by atoms with Gasteiger partial charge < -0.3 is 4.79 Å². The molecule has 0 aliphatic carbocycles. The third-order valence-electron chi connectivity index (χ3n) is 2.16. The van der Waals surface area contributed by atoms with Gasteiger partial charge in [0.05, 0.1) is 0 Å². The van der Waals surface area contributed by atoms with Crippen LogP contribution >= 0.6 is 0 Å². The molecule has 86 valence electrons. The van der Waals surface area contributed by atoms with E-state index in [4.69, 9.17) is 0 Å². The predicted octanol–water partition coefficient (Wildman–Crippen LogP) is 2.87. The highest BCUT2D eigenvalue weighted by atomic mass is 19.3. The Balaban J connectivity index is 2.76. The second kappa shape index (κ2) is 4.96. The van der Waals surface area contributed by atoms with Crippen LogP contribution in [0.3, 0.4) is 0 Å². The van der Waals surface area contributed by atoms with E-state index in [9.17, 15) is 18.4 Å². The van der Waals surface area contributed by atoms with Crippen molar-refractivity contribution in [1.82, 2.24) is 0 Å². The van der Waals surface area contributed by atoms with E-state index in [0.29, 0.717) is 0 Å². The first-order valence-electron chi connectivity index (χ1n) is 4.90. The molecule has 0 radical (unpaired) electrons. The molecular formula is C12H12F2O2. The van der Waals surface area contributed by atoms with E-state index < -0.39 is 18.1 Å². The zero-order chi connectivity index (χ0) is 12.2. The molecule has 0 unspecified atom stereocenters. The SMILES string of the molecule is CC(=O)CCC(F)(F)C(=O)c1ccccc1. The number of halogens is 2. The largest absolute Gasteiger partial charge is 0.310 e. The van der Waals surface area contributed by atoms with Gasteiger partial charge >= 0.3 is 5.92 Å². The number of rotatable bonds is 5. The van der Waals surface area contributed by atoms with Gasteiger partial charge in [0.25, 0.3) is 0 Å². The van der Waals surface area contributed by atoms with Gasteiger partial charge in [-0.3, -0.25) is 4.79 Å². The van der Waals surface area contributed by atoms with Crippen LogP contribution in [0.4, 0.5) is 8.78 Å². The van der Waals surface area contributed by atoms with Crippen molar-refractivity contribution in [1.29, 1.82) is 0 Å². The molecule has 0 aliphatic heterocycles. The van der Waals surface area contributed by atoms with Crippen molar-refractivity contribution >= 4 is 11.6 Å². The lowest BCUT2D eigenvalue weighted by Crippen LogP contribution is -2.29. The summed E-state index contributed by atoms with van der Waals surface area (Å²) in [6.45, 7) is 1.23. The number of benzene rings is 1. The lowest BCUT2D eigenvalue weighted by molar-refractivity contribution is -0.118. The lowest BCUT2D eigenvalue weighted by atomic mass is 10.0. The average Bonchev–Trinajstić information content (AvgIpc) is 2.27. The van der Waals surface area contributed by atoms with Crippen LogP contribution in [-0.4, -0.2) is 17.5 Å². The standard InChI is InChI=1S/C12H12F2O2/c1-9(15)7-8-12(13,14)11(16)10-5-3-2-4-6-10/h2-6H,7-8H2,1H3. The quantitative estimate of drug-likeness (QED) is 0.723. The van der Waals surface area contributed by atoms with Crippen LogP contribution in [0, 0.1) is 0 Å². The van der Waals surface area contributed by atoms with Crippen molar-refractivity contribution in [2.24, 2.45) is 0 Å². The molecule has 16 heavy (non-hydrogen) atoms. The third kappa shape index (κ3) is 3.22. The summed E-state index contributed by atoms with van der Waals surface area (Å²) in [6, 6.07) is 7.36. The van der Waals surface area contributed by atoms with E-state index in [1.807, 2.05) is 0 Å². The van der Waals surface area contributed by atoms with Gasteiger partial charge in [0, 0.05) is 18.4 Å². The minimum absolute atomic E-state index is 0.0314. The van der Waals surface area contributed by atoms with Crippen LogP contribution in [0.2, 0.25) is 0 Å². The van der Waals surface area contributed by atoms with Gasteiger partial charge in [0.15, 0.2) is 0 Å². The Kier molecular flexibility index (Phi) is 3.88. The molecular weight excluding hydrogens is 214 g/mol. The zero-order valence-corrected chi connectivity index (χ0v) is 8.87. The van der Waals surface area contributed by atoms with Gasteiger partial charge in [0.1, 0.15) is 5.78 Å². The summed E-state index contributed by atoms with van der Waals surface area (Å²) in [5.74, 6) is -5.04. The van der Waals surface area contributed by atoms with Crippen LogP contribution in [0.1, 0.15) is 30.1 Å². The smallest absolute Gasteiger partial charge is 0.300 e. The summed E-state index contributed by atoms with van der Waals surface area (Å²) in [6.07, 6.45) is -1.01. The third-order valence-corrected chi connectivity index (χ3v) is 2.16. The highest BCUT2D eigenvalue weighted by molar-refractivity contribution is 6.01. The highest BCUT2D eigenvalue weighted by Gasteiger charge is 2.38. The number of alkyl halides is 2. The summed E-state index contributed by atoms with van der Waals surface area (Å²) in [7, 11) is 0. The normalized spacial score (nSPS) is 11.2. The molecule has 0 bridgehead atoms. The molecule has 0 N–H and O–H groups in total. The number of carbonyl (C=O) groups is 2. The zero-order valence-electron chi connectivity index (χ0n) is 8.87. The Morgan fingerprint density at radius 3 is 2.25 bits per heavy atom. The molecule has 0 heterocycles. The van der Waals surface area contributed by atoms with Crippen molar-refractivity contribution in [3.05, 3.63) is 35.9 Å². The molecule has 0 amide bonds. The molecule has 0 atom stereocenters. The van der Waals surface area contributed by atoms with E-state index in [-0.39, 0.29) is 17.8 Å². The van der Waals surface area contributed by atoms with Crippen molar-refractivity contribution < 1.29 is 18.4 Å². The Morgan fingerprint density at radius 1 is 1.19 bits per heavy atom. The van der Waals surface area contributed by atoms with E-state index in [1.54, 1.807) is 6.07 Å². The molecule has 1 aromatic carbocycles. The van der Waals surface area contributed by atoms with Crippen LogP contribution < -0.4 is 0 Å². The van der Waals surface area contributed by atoms with E-state index >= 15 is 0 Å². The van der Waals surface area contributed by atoms with Gasteiger partial charge in [-0.25, -0.2) is 0 Å². The van der Waals surface area contributed by atoms with E-state index in [1.165, 1.54) is 31.2 Å². The molecule has 2 nitrogen and oxygen atoms in total. The Labute approximate surface area is 92.3 Å². The van der Waals surface area contributed by atoms with Crippen molar-refractivity contribution in [2.45, 2.75) is 25.7 Å². The maximum absolute atomic E-state index is 13.4. The second-order valence-electron chi connectivity index (χ2n) is 3.60. The number of ketones is 2. The fraction of sp³-hybridized carbons (Fsp3) is 0.333. The molecule has 1 aromatic rings. The van der Waals surface area contributed by atoms with E-state index in [2.05, 4.69) is 0 Å². The van der Waals surface area contributed by atoms with Gasteiger partial charge in [-0.2, -0.15) is 8.78 Å². The maximum Gasteiger partial charge on any atom is 0.310 e. The molecule has 4 heteroatoms. The Bertz CT molecular complexity index is 385. The Morgan fingerprint density at radius 2 is 1.75 bits per heavy atom. The summed E-state index contributed by atoms with van der Waals surface area (Å²) < 4.78 is 26.7. The van der Waals surface area contributed by atoms with Gasteiger partial charge in [-0.15, -0.1) is 0 Å². The van der Waals surface area contributed by atoms with Gasteiger partial charge in [-0.1, -0.05) is 30.3 Å². The average molecular weight is 226 g/mol. The van der Waals surface area contributed by atoms with Crippen LogP contribution in [0.25, 0.3) is 0 Å². The van der Waals surface area contributed by atoms with Gasteiger partial charge in [-0.05, 0) is 6.92 Å². The first-order valence-corrected chi connectivity index (χ1v) is 4.90. The summed E-state index contributed by atoms with van der Waals surface area (Å²) in [5.41, 5.74) is -0.0314. The highest BCUT2D eigenvalue weighted by Crippen LogP contribution is 2.25. The van der Waals surface area contributed by atoms with Crippen LogP contribution in [0.5, 0.6) is 0 Å². The van der Waals surface area contributed by atoms with Crippen molar-refractivity contribution in [2.75, 3.05) is 0 Å². The minimum Gasteiger partial charge on any atom is -0.300 e. The summed E-state index contributed by atoms with van der Waals surface area (Å²) in [4.78, 5) is 22.0. The first-order chi connectivity index (χ1) is 7.43. The topological polar surface area (TPSA) is 34.1 Å². The lowest BCUT2D eigenvalue weighted by Gasteiger charge is -2.13. The number of carbonyl (C=O) groups excluding carboxylic acids is 2. The number of Topliss-reactive ketones (excluding diaryl/α,β-unsaturated/α-hetero) is 2. The van der Waals surface area contributed by atoms with Crippen molar-refractivity contribution in [3.63, 3.8) is 0 Å².